The van der Waals surface area contributed by atoms with Gasteiger partial charge in [-0.2, -0.15) is 23.5 Å². The number of amides is 1. The molecule has 0 spiro atoms. The Kier molecular flexibility index (Phi) is 7.37. The van der Waals surface area contributed by atoms with Crippen LogP contribution in [-0.4, -0.2) is 89.7 Å². The van der Waals surface area contributed by atoms with Gasteiger partial charge >= 0.3 is 6.18 Å². The number of carbonyl (C=O) groups is 1. The van der Waals surface area contributed by atoms with Crippen LogP contribution in [0.5, 0.6) is 0 Å². The van der Waals surface area contributed by atoms with E-state index in [1.165, 1.54) is 24.4 Å². The van der Waals surface area contributed by atoms with Gasteiger partial charge in [0.25, 0.3) is 5.91 Å². The Balaban J connectivity index is 1.13. The number of aromatic nitrogens is 7. The van der Waals surface area contributed by atoms with Crippen LogP contribution in [0.15, 0.2) is 37.1 Å². The van der Waals surface area contributed by atoms with Gasteiger partial charge in [-0.15, -0.1) is 0 Å². The Bertz CT molecular complexity index is 1730. The largest absolute Gasteiger partial charge is 0.451 e. The van der Waals surface area contributed by atoms with Crippen LogP contribution < -0.4 is 0 Å². The molecule has 15 heteroatoms. The van der Waals surface area contributed by atoms with Crippen LogP contribution in [0.4, 0.5) is 13.2 Å². The molecule has 1 saturated carbocycles. The van der Waals surface area contributed by atoms with Crippen LogP contribution in [0.2, 0.25) is 0 Å². The lowest BCUT2D eigenvalue weighted by Crippen LogP contribution is -2.60. The van der Waals surface area contributed by atoms with Gasteiger partial charge in [-0.05, 0) is 38.8 Å². The summed E-state index contributed by atoms with van der Waals surface area (Å²) in [5.41, 5.74) is 0.384. The van der Waals surface area contributed by atoms with Crippen molar-refractivity contribution in [2.75, 3.05) is 33.3 Å². The summed E-state index contributed by atoms with van der Waals surface area (Å²) in [6, 6.07) is 5.68. The van der Waals surface area contributed by atoms with Crippen LogP contribution in [0.1, 0.15) is 55.1 Å². The van der Waals surface area contributed by atoms with Crippen molar-refractivity contribution in [3.05, 3.63) is 54.3 Å². The molecule has 44 heavy (non-hydrogen) atoms. The monoisotopic (exact) mass is 608 g/mol. The average molecular weight is 609 g/mol. The molecule has 0 bridgehead atoms. The van der Waals surface area contributed by atoms with Crippen LogP contribution in [0.25, 0.3) is 22.3 Å². The number of aromatic amines is 1. The van der Waals surface area contributed by atoms with Gasteiger partial charge in [0.1, 0.15) is 23.3 Å². The fourth-order valence-corrected chi connectivity index (χ4v) is 5.99. The Morgan fingerprint density at radius 3 is 2.61 bits per heavy atom. The van der Waals surface area contributed by atoms with Crippen molar-refractivity contribution in [2.45, 2.75) is 56.5 Å². The van der Waals surface area contributed by atoms with E-state index in [2.05, 4.69) is 41.0 Å². The predicted octanol–water partition coefficient (Wildman–Crippen LogP) is 3.74. The molecule has 0 radical (unpaired) electrons. The number of piperazine rings is 1. The first-order valence-corrected chi connectivity index (χ1v) is 14.2. The third-order valence-corrected chi connectivity index (χ3v) is 8.78. The lowest BCUT2D eigenvalue weighted by molar-refractivity contribution is -0.145. The lowest BCUT2D eigenvalue weighted by Gasteiger charge is -2.52. The quantitative estimate of drug-likeness (QED) is 0.332. The molecule has 6 rings (SSSR count). The maximum atomic E-state index is 13.6. The number of nitrogens with zero attached hydrogens (tertiary/aromatic N) is 9. The second-order valence-corrected chi connectivity index (χ2v) is 11.8. The number of ether oxygens (including phenoxy) is 1. The first-order valence-electron chi connectivity index (χ1n) is 14.2. The number of hydrogen-bond acceptors (Lipinski definition) is 9. The summed E-state index contributed by atoms with van der Waals surface area (Å²) in [6.07, 6.45) is 3.87. The molecule has 1 amide bonds. The summed E-state index contributed by atoms with van der Waals surface area (Å²) < 4.78 is 47.9. The number of nitriles is 1. The number of fused-ring (bicyclic) bond motifs is 1. The number of nitrogens with one attached hydrogen (secondary N) is 1. The summed E-state index contributed by atoms with van der Waals surface area (Å²) in [7, 11) is 1.37. The molecule has 230 valence electrons. The van der Waals surface area contributed by atoms with Gasteiger partial charge in [0, 0.05) is 62.7 Å². The van der Waals surface area contributed by atoms with Crippen molar-refractivity contribution in [1.29, 1.82) is 5.26 Å². The number of methoxy groups -OCH3 is 1. The molecule has 0 atom stereocenters. The molecular formula is C29H31F3N10O2. The van der Waals surface area contributed by atoms with Gasteiger partial charge in [-0.3, -0.25) is 14.4 Å². The molecule has 5 heterocycles. The molecule has 1 N–H and O–H groups in total. The molecule has 0 unspecified atom stereocenters. The van der Waals surface area contributed by atoms with E-state index < -0.39 is 29.0 Å². The van der Waals surface area contributed by atoms with E-state index in [-0.39, 0.29) is 17.4 Å². The molecular weight excluding hydrogens is 577 g/mol. The Hall–Kier alpha value is -4.42. The minimum absolute atomic E-state index is 0.0216. The standard InChI is InChI=1S/C29H31F3N10O2/c1-27(2,44-3)22-12-21(38-26(39-22)29(30,31)32)25(43)41-10-8-40(9-11-41)19-13-28(14-19,5-6-33)42-16-18(15-37-42)23-20-4-7-34-24(20)36-17-35-23/h4,7,12,15-17,19H,5,8-11,13-14H2,1-3H3,(H,34,35,36). The number of halogens is 3. The number of H-pyrrole nitrogens is 1. The zero-order valence-corrected chi connectivity index (χ0v) is 24.5. The lowest BCUT2D eigenvalue weighted by atomic mass is 9.70. The first-order chi connectivity index (χ1) is 20.9. The van der Waals surface area contributed by atoms with Crippen molar-refractivity contribution in [3.8, 4) is 17.3 Å². The topological polar surface area (TPSA) is 142 Å². The van der Waals surface area contributed by atoms with Gasteiger partial charge in [0.15, 0.2) is 0 Å². The summed E-state index contributed by atoms with van der Waals surface area (Å²) in [5.74, 6) is -1.95. The summed E-state index contributed by atoms with van der Waals surface area (Å²) >= 11 is 0. The van der Waals surface area contributed by atoms with Crippen molar-refractivity contribution in [2.24, 2.45) is 0 Å². The van der Waals surface area contributed by atoms with Crippen LogP contribution in [0.3, 0.4) is 0 Å². The minimum atomic E-state index is -4.81. The fraction of sp³-hybridized carbons (Fsp3) is 0.483. The highest BCUT2D eigenvalue weighted by Crippen LogP contribution is 2.45. The third-order valence-electron chi connectivity index (χ3n) is 8.78. The van der Waals surface area contributed by atoms with Crippen molar-refractivity contribution in [1.82, 2.24) is 44.5 Å². The highest BCUT2D eigenvalue weighted by atomic mass is 19.4. The van der Waals surface area contributed by atoms with Crippen molar-refractivity contribution >= 4 is 16.9 Å². The van der Waals surface area contributed by atoms with Gasteiger partial charge in [0.2, 0.25) is 5.82 Å². The van der Waals surface area contributed by atoms with E-state index in [1.54, 1.807) is 26.2 Å². The first kappa shape index (κ1) is 29.6. The molecule has 4 aromatic heterocycles. The van der Waals surface area contributed by atoms with Crippen molar-refractivity contribution < 1.29 is 22.7 Å². The summed E-state index contributed by atoms with van der Waals surface area (Å²) in [6.45, 7) is 4.91. The molecule has 12 nitrogen and oxygen atoms in total. The van der Waals surface area contributed by atoms with Gasteiger partial charge in [-0.1, -0.05) is 0 Å². The number of alkyl halides is 3. The van der Waals surface area contributed by atoms with Gasteiger partial charge in [-0.25, -0.2) is 19.9 Å². The predicted molar refractivity (Wildman–Crippen MR) is 151 cm³/mol. The molecule has 2 fully saturated rings. The van der Waals surface area contributed by atoms with E-state index in [1.807, 2.05) is 16.9 Å². The number of carbonyl (C=O) groups excluding carboxylic acids is 1. The molecule has 0 aromatic carbocycles. The highest BCUT2D eigenvalue weighted by molar-refractivity contribution is 5.92. The highest BCUT2D eigenvalue weighted by Gasteiger charge is 2.49. The second kappa shape index (κ2) is 10.9. The Labute approximate surface area is 250 Å². The van der Waals surface area contributed by atoms with E-state index >= 15 is 0 Å². The van der Waals surface area contributed by atoms with E-state index in [4.69, 9.17) is 4.74 Å². The minimum Gasteiger partial charge on any atom is -0.373 e. The molecule has 2 aliphatic rings. The number of rotatable bonds is 7. The van der Waals surface area contributed by atoms with E-state index in [0.29, 0.717) is 45.4 Å². The molecule has 1 saturated heterocycles. The summed E-state index contributed by atoms with van der Waals surface area (Å²) in [5, 5.41) is 15.2. The van der Waals surface area contributed by atoms with Gasteiger partial charge < -0.3 is 14.6 Å². The third kappa shape index (κ3) is 5.28. The normalized spacial score (nSPS) is 21.3. The van der Waals surface area contributed by atoms with E-state index in [0.717, 1.165) is 22.3 Å². The van der Waals surface area contributed by atoms with E-state index in [9.17, 15) is 23.2 Å². The zero-order valence-electron chi connectivity index (χ0n) is 24.5. The SMILES string of the molecule is COC(C)(C)c1cc(C(=O)N2CCN(C3CC(CC#N)(n4cc(-c5ncnc6[nH]ccc56)cn4)C3)CC2)nc(C(F)(F)F)n1. The number of hydrogen-bond donors (Lipinski definition) is 1. The molecule has 4 aromatic rings. The van der Waals surface area contributed by atoms with Crippen LogP contribution >= 0.6 is 0 Å². The maximum absolute atomic E-state index is 13.6. The zero-order chi connectivity index (χ0) is 31.3. The molecule has 1 aliphatic heterocycles. The van der Waals surface area contributed by atoms with Crippen LogP contribution in [-0.2, 0) is 22.1 Å². The molecule has 1 aliphatic carbocycles. The maximum Gasteiger partial charge on any atom is 0.451 e. The Morgan fingerprint density at radius 1 is 1.18 bits per heavy atom. The smallest absolute Gasteiger partial charge is 0.373 e. The van der Waals surface area contributed by atoms with Crippen molar-refractivity contribution in [3.63, 3.8) is 0 Å². The fourth-order valence-electron chi connectivity index (χ4n) is 5.99. The van der Waals surface area contributed by atoms with Crippen LogP contribution in [0, 0.1) is 11.3 Å². The van der Waals surface area contributed by atoms with Gasteiger partial charge in [0.05, 0.1) is 35.6 Å². The Morgan fingerprint density at radius 2 is 1.93 bits per heavy atom. The second-order valence-electron chi connectivity index (χ2n) is 11.8. The average Bonchev–Trinajstić information content (AvgIpc) is 3.68. The summed E-state index contributed by atoms with van der Waals surface area (Å²) in [4.78, 5) is 36.1.